The number of fused-ring (bicyclic) bond motifs is 1. The molecule has 0 saturated carbocycles. The minimum atomic E-state index is -1.28. The van der Waals surface area contributed by atoms with Crippen LogP contribution in [0, 0.1) is 6.92 Å². The van der Waals surface area contributed by atoms with E-state index in [1.54, 1.807) is 6.07 Å². The van der Waals surface area contributed by atoms with Gasteiger partial charge in [0.2, 0.25) is 0 Å². The van der Waals surface area contributed by atoms with Crippen LogP contribution in [0.4, 0.5) is 4.79 Å². The average molecular weight is 391 g/mol. The Balaban J connectivity index is 2.20. The summed E-state index contributed by atoms with van der Waals surface area (Å²) in [5.74, 6) is -0.303. The molecule has 0 spiro atoms. The smallest absolute Gasteiger partial charge is 0.435 e. The van der Waals surface area contributed by atoms with Crippen molar-refractivity contribution >= 4 is 31.0 Å². The number of rotatable bonds is 5. The summed E-state index contributed by atoms with van der Waals surface area (Å²) in [5.41, 5.74) is 1.63. The van der Waals surface area contributed by atoms with Crippen molar-refractivity contribution in [2.45, 2.75) is 65.4 Å². The second-order valence-corrected chi connectivity index (χ2v) is 14.7. The van der Waals surface area contributed by atoms with E-state index in [4.69, 9.17) is 9.47 Å². The van der Waals surface area contributed by atoms with Crippen LogP contribution in [0.1, 0.15) is 32.0 Å². The van der Waals surface area contributed by atoms with Gasteiger partial charge in [-0.3, -0.25) is 4.79 Å². The van der Waals surface area contributed by atoms with Crippen molar-refractivity contribution in [2.75, 3.05) is 6.61 Å². The van der Waals surface area contributed by atoms with Crippen LogP contribution < -0.4 is 0 Å². The predicted octanol–water partition coefficient (Wildman–Crippen LogP) is 4.55. The number of benzene rings is 1. The molecule has 0 bridgehead atoms. The lowest BCUT2D eigenvalue weighted by Crippen LogP contribution is -2.25. The summed E-state index contributed by atoms with van der Waals surface area (Å²) >= 11 is 0. The van der Waals surface area contributed by atoms with Gasteiger partial charge in [-0.15, -0.1) is 0 Å². The maximum Gasteiger partial charge on any atom is 0.435 e. The summed E-state index contributed by atoms with van der Waals surface area (Å²) in [6.07, 6.45) is -0.344. The van der Waals surface area contributed by atoms with Gasteiger partial charge < -0.3 is 9.47 Å². The minimum Gasteiger partial charge on any atom is -0.460 e. The third kappa shape index (κ3) is 6.20. The van der Waals surface area contributed by atoms with Gasteiger partial charge in [0.05, 0.1) is 24.2 Å². The van der Waals surface area contributed by atoms with Gasteiger partial charge >= 0.3 is 12.1 Å². The first-order valence-electron chi connectivity index (χ1n) is 9.23. The van der Waals surface area contributed by atoms with E-state index >= 15 is 0 Å². The van der Waals surface area contributed by atoms with Crippen molar-refractivity contribution in [3.8, 4) is 0 Å². The molecule has 0 fully saturated rings. The molecule has 2 aromatic rings. The molecule has 0 amide bonds. The van der Waals surface area contributed by atoms with E-state index in [1.807, 2.05) is 39.8 Å². The molecule has 0 N–H and O–H groups in total. The summed E-state index contributed by atoms with van der Waals surface area (Å²) in [7, 11) is -1.28. The lowest BCUT2D eigenvalue weighted by molar-refractivity contribution is -0.153. The Hall–Kier alpha value is -2.15. The molecular weight excluding hydrogens is 360 g/mol. The van der Waals surface area contributed by atoms with Gasteiger partial charge in [0.15, 0.2) is 0 Å². The van der Waals surface area contributed by atoms with Gasteiger partial charge in [0.25, 0.3) is 0 Å². The largest absolute Gasteiger partial charge is 0.460 e. The first-order valence-corrected chi connectivity index (χ1v) is 12.9. The molecule has 0 saturated heterocycles. The fourth-order valence-corrected chi connectivity index (χ4v) is 3.33. The molecule has 0 aliphatic heterocycles. The van der Waals surface area contributed by atoms with Gasteiger partial charge in [-0.2, -0.15) is 9.78 Å². The van der Waals surface area contributed by atoms with Crippen LogP contribution in [0.2, 0.25) is 25.7 Å². The molecule has 27 heavy (non-hydrogen) atoms. The summed E-state index contributed by atoms with van der Waals surface area (Å²) in [6.45, 7) is 14.5. The van der Waals surface area contributed by atoms with Gasteiger partial charge in [-0.05, 0) is 45.4 Å². The molecule has 0 aliphatic carbocycles. The zero-order chi connectivity index (χ0) is 20.4. The zero-order valence-corrected chi connectivity index (χ0v) is 18.4. The van der Waals surface area contributed by atoms with Gasteiger partial charge in [-0.25, -0.2) is 4.79 Å². The fraction of sp³-hybridized carbons (Fsp3) is 0.550. The molecule has 7 heteroatoms. The highest BCUT2D eigenvalue weighted by atomic mass is 28.3. The normalized spacial score (nSPS) is 12.3. The van der Waals surface area contributed by atoms with Crippen LogP contribution in [-0.2, 0) is 20.7 Å². The van der Waals surface area contributed by atoms with Crippen molar-refractivity contribution in [1.29, 1.82) is 0 Å². The molecule has 0 radical (unpaired) electrons. The monoisotopic (exact) mass is 390 g/mol. The van der Waals surface area contributed by atoms with Crippen LogP contribution >= 0.6 is 0 Å². The van der Waals surface area contributed by atoms with E-state index < -0.39 is 19.8 Å². The number of hydrogen-bond acceptors (Lipinski definition) is 5. The maximum atomic E-state index is 12.5. The van der Waals surface area contributed by atoms with Gasteiger partial charge in [0.1, 0.15) is 5.60 Å². The SMILES string of the molecule is Cc1nn(C(=O)OCC[Si](C)(C)C)c2cc(CC(=O)OC(C)(C)C)ccc12. The van der Waals surface area contributed by atoms with E-state index in [1.165, 1.54) is 4.68 Å². The molecule has 6 nitrogen and oxygen atoms in total. The number of aryl methyl sites for hydroxylation is 1. The van der Waals surface area contributed by atoms with Gasteiger partial charge in [0, 0.05) is 13.5 Å². The summed E-state index contributed by atoms with van der Waals surface area (Å²) in [5, 5.41) is 5.19. The number of esters is 1. The second-order valence-electron chi connectivity index (χ2n) is 9.04. The van der Waals surface area contributed by atoms with Crippen molar-refractivity contribution in [3.05, 3.63) is 29.5 Å². The molecular formula is C20H30N2O4Si. The Morgan fingerprint density at radius 3 is 2.44 bits per heavy atom. The molecule has 148 valence electrons. The first-order chi connectivity index (χ1) is 12.4. The van der Waals surface area contributed by atoms with Crippen LogP contribution in [-0.4, -0.2) is 42.1 Å². The van der Waals surface area contributed by atoms with E-state index in [-0.39, 0.29) is 12.4 Å². The highest BCUT2D eigenvalue weighted by molar-refractivity contribution is 6.76. The topological polar surface area (TPSA) is 70.4 Å². The zero-order valence-electron chi connectivity index (χ0n) is 17.4. The van der Waals surface area contributed by atoms with Crippen molar-refractivity contribution in [1.82, 2.24) is 9.78 Å². The standard InChI is InChI=1S/C20H30N2O4Si/c1-14-16-9-8-15(13-18(23)26-20(2,3)4)12-17(16)22(21-14)19(24)25-10-11-27(5,6)7/h8-9,12H,10-11,13H2,1-7H3. The third-order valence-electron chi connectivity index (χ3n) is 3.95. The summed E-state index contributed by atoms with van der Waals surface area (Å²) < 4.78 is 12.1. The minimum absolute atomic E-state index is 0.141. The van der Waals surface area contributed by atoms with E-state index in [2.05, 4.69) is 24.7 Å². The molecule has 0 unspecified atom stereocenters. The Labute approximate surface area is 161 Å². The van der Waals surface area contributed by atoms with E-state index in [9.17, 15) is 9.59 Å². The molecule has 1 heterocycles. The van der Waals surface area contributed by atoms with Crippen LogP contribution in [0.5, 0.6) is 0 Å². The second kappa shape index (κ2) is 7.84. The molecule has 0 atom stereocenters. The van der Waals surface area contributed by atoms with Crippen molar-refractivity contribution in [3.63, 3.8) is 0 Å². The van der Waals surface area contributed by atoms with Gasteiger partial charge in [-0.1, -0.05) is 31.8 Å². The molecule has 1 aromatic carbocycles. The third-order valence-corrected chi connectivity index (χ3v) is 5.65. The number of hydrogen-bond donors (Lipinski definition) is 0. The Kier molecular flexibility index (Phi) is 6.14. The Bertz CT molecular complexity index is 844. The Morgan fingerprint density at radius 1 is 1.19 bits per heavy atom. The lowest BCUT2D eigenvalue weighted by atomic mass is 10.1. The number of aromatic nitrogens is 2. The number of carbonyl (C=O) groups is 2. The summed E-state index contributed by atoms with van der Waals surface area (Å²) in [4.78, 5) is 24.6. The van der Waals surface area contributed by atoms with Crippen LogP contribution in [0.15, 0.2) is 18.2 Å². The fourth-order valence-electron chi connectivity index (χ4n) is 2.62. The number of ether oxygens (including phenoxy) is 2. The summed E-state index contributed by atoms with van der Waals surface area (Å²) in [6, 6.07) is 6.45. The molecule has 0 aliphatic rings. The quantitative estimate of drug-likeness (QED) is 0.553. The molecule has 2 rings (SSSR count). The number of carbonyl (C=O) groups excluding carboxylic acids is 2. The van der Waals surface area contributed by atoms with Crippen LogP contribution in [0.3, 0.4) is 0 Å². The van der Waals surface area contributed by atoms with E-state index in [0.29, 0.717) is 12.1 Å². The van der Waals surface area contributed by atoms with E-state index in [0.717, 1.165) is 22.7 Å². The highest BCUT2D eigenvalue weighted by Crippen LogP contribution is 2.21. The Morgan fingerprint density at radius 2 is 1.85 bits per heavy atom. The molecule has 1 aromatic heterocycles. The average Bonchev–Trinajstić information content (AvgIpc) is 2.80. The number of nitrogens with zero attached hydrogens (tertiary/aromatic N) is 2. The lowest BCUT2D eigenvalue weighted by Gasteiger charge is -2.19. The maximum absolute atomic E-state index is 12.5. The van der Waals surface area contributed by atoms with Crippen LogP contribution in [0.25, 0.3) is 10.9 Å². The van der Waals surface area contributed by atoms with Crippen molar-refractivity contribution in [2.24, 2.45) is 0 Å². The predicted molar refractivity (Wildman–Crippen MR) is 109 cm³/mol. The first kappa shape index (κ1) is 21.2. The highest BCUT2D eigenvalue weighted by Gasteiger charge is 2.20. The van der Waals surface area contributed by atoms with Crippen molar-refractivity contribution < 1.29 is 19.1 Å².